The number of aliphatic carboxylic acids is 2. The van der Waals surface area contributed by atoms with Crippen molar-refractivity contribution >= 4 is 41.5 Å². The second kappa shape index (κ2) is 42.5. The summed E-state index contributed by atoms with van der Waals surface area (Å²) in [6.07, 6.45) is 20.4. The standard InChI is InChI=1S/C53H80N8O7.C43H60N6O6/c1-9-10-11-12-13-14-18-42(49(54)62)55-34-59(5)25-16-23-58(4)24-17-26-60(6)51(64)38-21-22-44(41(32-38)35(2)3)61-45(48-46(67-7)19-15-20-47(48)68-8)33-43(57-61)50(63)56-53(52(65)66)39-28-36-27-37(30-39)31-40(53)29-36;1-27(2)33-25-30(41(51)48(6)19-11-18-47(5)17-10-16-46(3)4)14-15-35(33)49-36(39-37(54-7)12-9-13-38(39)55-8)26-34(45-49)40(50)44-43(42(52)53)31-21-28-20-29(23-31)24-32(43)22-28/h15,19-22,32-33,35-37,39-40,42,55H,9-14,16-18,23-31,34H2,1-8H3,(H2,54,62)(H,56,63)(H,65,66);9,12-15,25-29,31-32H,10-11,16-24H2,1-8H3,(H,44,50)(H,52,53). The fraction of sp³-hybridized carbons (Fsp3) is 0.615. The molecule has 0 aliphatic heterocycles. The van der Waals surface area contributed by atoms with Crippen LogP contribution in [0, 0.1) is 47.3 Å². The molecule has 8 aliphatic carbocycles. The zero-order valence-corrected chi connectivity index (χ0v) is 76.1. The Morgan fingerprint density at radius 1 is 0.463 bits per heavy atom. The first-order chi connectivity index (χ1) is 58.9. The van der Waals surface area contributed by atoms with Gasteiger partial charge in [0.05, 0.1) is 68.4 Å². The molecule has 2 heterocycles. The highest BCUT2D eigenvalue weighted by atomic mass is 16.5. The monoisotopic (exact) mass is 1700 g/mol. The molecule has 672 valence electrons. The summed E-state index contributed by atoms with van der Waals surface area (Å²) in [6.45, 7) is 17.8. The maximum absolute atomic E-state index is 14.5. The number of nitrogens with zero attached hydrogens (tertiary/aromatic N) is 10. The van der Waals surface area contributed by atoms with Crippen LogP contribution < -0.4 is 40.6 Å². The molecular formula is C96H140N14O13. The van der Waals surface area contributed by atoms with Gasteiger partial charge in [0.25, 0.3) is 23.6 Å². The van der Waals surface area contributed by atoms with Gasteiger partial charge in [0.1, 0.15) is 34.1 Å². The molecular weight excluding hydrogens is 1560 g/mol. The number of hydrogen-bond donors (Lipinski definition) is 6. The molecule has 0 saturated heterocycles. The lowest BCUT2D eigenvalue weighted by Gasteiger charge is -2.59. The van der Waals surface area contributed by atoms with Crippen molar-refractivity contribution in [1.29, 1.82) is 0 Å². The summed E-state index contributed by atoms with van der Waals surface area (Å²) < 4.78 is 26.7. The third-order valence-corrected chi connectivity index (χ3v) is 27.5. The predicted octanol–water partition coefficient (Wildman–Crippen LogP) is 13.6. The van der Waals surface area contributed by atoms with Crippen LogP contribution in [0.25, 0.3) is 33.9 Å². The van der Waals surface area contributed by atoms with Crippen LogP contribution in [0.4, 0.5) is 0 Å². The quantitative estimate of drug-likeness (QED) is 0.0153. The van der Waals surface area contributed by atoms with Crippen LogP contribution in [0.1, 0.15) is 234 Å². The highest BCUT2D eigenvalue weighted by Crippen LogP contribution is 2.60. The van der Waals surface area contributed by atoms with Crippen molar-refractivity contribution in [3.63, 3.8) is 0 Å². The van der Waals surface area contributed by atoms with E-state index in [0.717, 1.165) is 153 Å². The van der Waals surface area contributed by atoms with Gasteiger partial charge in [-0.3, -0.25) is 34.2 Å². The van der Waals surface area contributed by atoms with Gasteiger partial charge in [-0.25, -0.2) is 19.0 Å². The maximum atomic E-state index is 14.5. The summed E-state index contributed by atoms with van der Waals surface area (Å²) in [6, 6.07) is 25.2. The molecule has 7 N–H and O–H groups in total. The van der Waals surface area contributed by atoms with E-state index in [-0.39, 0.29) is 70.7 Å². The van der Waals surface area contributed by atoms with E-state index in [4.69, 9.17) is 34.9 Å². The molecule has 8 aliphatic rings. The number of carboxylic acids is 2. The van der Waals surface area contributed by atoms with Crippen molar-refractivity contribution in [2.24, 2.45) is 53.1 Å². The van der Waals surface area contributed by atoms with Crippen molar-refractivity contribution in [2.75, 3.05) is 137 Å². The molecule has 5 amide bonds. The highest BCUT2D eigenvalue weighted by molar-refractivity contribution is 6.00. The average Bonchev–Trinajstić information content (AvgIpc) is 0.962. The van der Waals surface area contributed by atoms with E-state index in [1.807, 2.05) is 80.8 Å². The average molecular weight is 1700 g/mol. The van der Waals surface area contributed by atoms with Crippen LogP contribution in [0.15, 0.2) is 84.9 Å². The Morgan fingerprint density at radius 3 is 1.15 bits per heavy atom. The zero-order valence-electron chi connectivity index (χ0n) is 76.1. The first-order valence-electron chi connectivity index (χ1n) is 45.2. The number of unbranched alkanes of at least 4 members (excludes halogenated alkanes) is 5. The number of carbonyl (C=O) groups is 7. The second-order valence-electron chi connectivity index (χ2n) is 37.2. The molecule has 0 radical (unpaired) electrons. The second-order valence-corrected chi connectivity index (χ2v) is 37.2. The summed E-state index contributed by atoms with van der Waals surface area (Å²) in [4.78, 5) is 108. The Bertz CT molecular complexity index is 4530. The van der Waals surface area contributed by atoms with Gasteiger partial charge < -0.3 is 70.0 Å². The van der Waals surface area contributed by atoms with Crippen LogP contribution in [0.5, 0.6) is 23.0 Å². The van der Waals surface area contributed by atoms with Crippen molar-refractivity contribution < 1.29 is 62.7 Å². The third-order valence-electron chi connectivity index (χ3n) is 27.5. The molecule has 8 saturated carbocycles. The molecule has 27 nitrogen and oxygen atoms in total. The fourth-order valence-electron chi connectivity index (χ4n) is 21.3. The molecule has 0 spiro atoms. The summed E-state index contributed by atoms with van der Waals surface area (Å²) in [5.74, 6) is 0.238. The van der Waals surface area contributed by atoms with E-state index in [1.54, 1.807) is 65.8 Å². The van der Waals surface area contributed by atoms with Crippen LogP contribution in [0.3, 0.4) is 0 Å². The largest absolute Gasteiger partial charge is 0.496 e. The number of rotatable bonds is 45. The van der Waals surface area contributed by atoms with Crippen molar-refractivity contribution in [2.45, 2.75) is 198 Å². The van der Waals surface area contributed by atoms with Crippen molar-refractivity contribution in [3.8, 4) is 56.9 Å². The topological polar surface area (TPSA) is 314 Å². The zero-order chi connectivity index (χ0) is 88.7. The molecule has 27 heteroatoms. The minimum atomic E-state index is -1.34. The number of methoxy groups -OCH3 is 4. The fourth-order valence-corrected chi connectivity index (χ4v) is 21.3. The Morgan fingerprint density at radius 2 is 0.813 bits per heavy atom. The van der Waals surface area contributed by atoms with Gasteiger partial charge in [-0.05, 0) is 307 Å². The summed E-state index contributed by atoms with van der Waals surface area (Å²) in [5, 5.41) is 41.0. The van der Waals surface area contributed by atoms with Gasteiger partial charge in [-0.2, -0.15) is 10.2 Å². The van der Waals surface area contributed by atoms with E-state index < -0.39 is 34.8 Å². The van der Waals surface area contributed by atoms with E-state index in [2.05, 4.69) is 105 Å². The number of hydrogen-bond acceptors (Lipinski definition) is 18. The van der Waals surface area contributed by atoms with Gasteiger partial charge in [-0.1, -0.05) is 85.3 Å². The van der Waals surface area contributed by atoms with E-state index >= 15 is 0 Å². The molecule has 8 bridgehead atoms. The third kappa shape index (κ3) is 21.8. The first kappa shape index (κ1) is 94.3. The lowest BCUT2D eigenvalue weighted by atomic mass is 9.48. The number of amides is 5. The molecule has 2 aromatic heterocycles. The van der Waals surface area contributed by atoms with Gasteiger partial charge >= 0.3 is 11.9 Å². The van der Waals surface area contributed by atoms with E-state index in [0.29, 0.717) is 111 Å². The molecule has 14 rings (SSSR count). The van der Waals surface area contributed by atoms with E-state index in [1.165, 1.54) is 32.1 Å². The summed E-state index contributed by atoms with van der Waals surface area (Å²) in [7, 11) is 20.4. The Hall–Kier alpha value is -9.41. The SMILES string of the molecule is CCCCCCCCC(NCN(C)CCCN(C)CCCN(C)C(=O)c1ccc(-n2nc(C(=O)NC3(C(=O)O)C4CC5CC(C4)CC3C5)cc2-c2c(OC)cccc2OC)c(C(C)C)c1)C(N)=O.COc1cccc(OC)c1-c1cc(C(=O)NC2(C(=O)O)C3CC4CC(C3)CC2C4)nn1-c1ccc(C(=O)N(C)CCCN(C)CCCN(C)C)cc1C(C)C. The number of nitrogens with two attached hydrogens (primary N) is 1. The van der Waals surface area contributed by atoms with Gasteiger partial charge in [0.15, 0.2) is 11.4 Å². The van der Waals surface area contributed by atoms with E-state index in [9.17, 15) is 43.8 Å². The lowest BCUT2D eigenvalue weighted by molar-refractivity contribution is -0.164. The van der Waals surface area contributed by atoms with Gasteiger partial charge in [0, 0.05) is 51.5 Å². The van der Waals surface area contributed by atoms with Gasteiger partial charge in [0.2, 0.25) is 5.91 Å². The van der Waals surface area contributed by atoms with Crippen LogP contribution in [-0.4, -0.2) is 255 Å². The number of nitrogens with one attached hydrogen (secondary N) is 3. The minimum Gasteiger partial charge on any atom is -0.496 e. The highest BCUT2D eigenvalue weighted by Gasteiger charge is 2.64. The molecule has 4 aromatic carbocycles. The minimum absolute atomic E-state index is 0.0129. The number of carbonyl (C=O) groups excluding carboxylic acids is 5. The normalized spacial score (nSPS) is 21.8. The molecule has 8 fully saturated rings. The Balaban J connectivity index is 0.000000245. The number of aromatic nitrogens is 4. The van der Waals surface area contributed by atoms with Crippen molar-refractivity contribution in [3.05, 3.63) is 119 Å². The number of carboxylic acid groups (broad SMARTS) is 2. The lowest BCUT2D eigenvalue weighted by Crippen LogP contribution is -2.70. The molecule has 1 unspecified atom stereocenters. The van der Waals surface area contributed by atoms with Gasteiger partial charge in [-0.15, -0.1) is 0 Å². The molecule has 1 atom stereocenters. The van der Waals surface area contributed by atoms with Crippen LogP contribution >= 0.6 is 0 Å². The number of ether oxygens (including phenoxy) is 4. The molecule has 123 heavy (non-hydrogen) atoms. The number of primary amides is 1. The van der Waals surface area contributed by atoms with Crippen LogP contribution in [-0.2, 0) is 14.4 Å². The smallest absolute Gasteiger partial charge is 0.330 e. The molecule has 6 aromatic rings. The first-order valence-corrected chi connectivity index (χ1v) is 45.2. The Labute approximate surface area is 729 Å². The maximum Gasteiger partial charge on any atom is 0.330 e. The number of benzene rings is 4. The summed E-state index contributed by atoms with van der Waals surface area (Å²) >= 11 is 0. The van der Waals surface area contributed by atoms with Crippen molar-refractivity contribution in [1.82, 2.24) is 64.9 Å². The summed E-state index contributed by atoms with van der Waals surface area (Å²) in [5.41, 5.74) is 9.66. The Kier molecular flexibility index (Phi) is 32.6. The predicted molar refractivity (Wildman–Crippen MR) is 480 cm³/mol. The van der Waals surface area contributed by atoms with Crippen LogP contribution in [0.2, 0.25) is 0 Å².